The number of anilines is 2. The number of amides is 1. The fourth-order valence-corrected chi connectivity index (χ4v) is 4.39. The van der Waals surface area contributed by atoms with Crippen LogP contribution in [0.15, 0.2) is 77.1 Å². The van der Waals surface area contributed by atoms with Crippen molar-refractivity contribution < 1.29 is 9.53 Å². The molecule has 4 rings (SSSR count). The number of rotatable bonds is 9. The molecule has 0 saturated carbocycles. The molecule has 1 unspecified atom stereocenters. The van der Waals surface area contributed by atoms with Crippen molar-refractivity contribution in [2.24, 2.45) is 0 Å². The van der Waals surface area contributed by atoms with Crippen molar-refractivity contribution >= 4 is 35.4 Å². The van der Waals surface area contributed by atoms with E-state index in [9.17, 15) is 4.79 Å². The molecule has 7 nitrogen and oxygen atoms in total. The predicted molar refractivity (Wildman–Crippen MR) is 138 cm³/mol. The number of aromatic nitrogens is 3. The molecule has 0 aliphatic carbocycles. The highest BCUT2D eigenvalue weighted by Crippen LogP contribution is 2.34. The van der Waals surface area contributed by atoms with Crippen LogP contribution in [-0.2, 0) is 4.79 Å². The van der Waals surface area contributed by atoms with E-state index in [1.165, 1.54) is 0 Å². The van der Waals surface area contributed by atoms with Gasteiger partial charge in [-0.15, -0.1) is 5.10 Å². The third-order valence-corrected chi connectivity index (χ3v) is 6.30. The lowest BCUT2D eigenvalue weighted by Gasteiger charge is -2.26. The number of ether oxygens (including phenoxy) is 1. The monoisotopic (exact) mass is 475 g/mol. The molecule has 0 fully saturated rings. The number of nitrogens with zero attached hydrogens (tertiary/aromatic N) is 3. The first kappa shape index (κ1) is 23.6. The Morgan fingerprint density at radius 2 is 1.94 bits per heavy atom. The summed E-state index contributed by atoms with van der Waals surface area (Å²) in [5.41, 5.74) is 2.98. The molecule has 2 aromatic carbocycles. The van der Waals surface area contributed by atoms with Gasteiger partial charge in [0.2, 0.25) is 11.1 Å². The second kappa shape index (κ2) is 11.1. The van der Waals surface area contributed by atoms with Gasteiger partial charge in [0.15, 0.2) is 0 Å². The third-order valence-electron chi connectivity index (χ3n) is 5.26. The lowest BCUT2D eigenvalue weighted by Crippen LogP contribution is -2.30. The normalized spacial score (nSPS) is 15.2. The van der Waals surface area contributed by atoms with E-state index in [2.05, 4.69) is 22.5 Å². The number of carbonyl (C=O) groups excluding carboxylic acids is 1. The Labute approximate surface area is 204 Å². The molecule has 0 spiro atoms. The summed E-state index contributed by atoms with van der Waals surface area (Å²) in [6, 6.07) is 17.0. The van der Waals surface area contributed by atoms with Gasteiger partial charge in [-0.1, -0.05) is 73.3 Å². The highest BCUT2D eigenvalue weighted by molar-refractivity contribution is 7.99. The second-order valence-electron chi connectivity index (χ2n) is 7.77. The molecule has 2 heterocycles. The number of hydrogen-bond donors (Lipinski definition) is 2. The molecule has 3 aromatic rings. The molecule has 1 amide bonds. The summed E-state index contributed by atoms with van der Waals surface area (Å²) in [5, 5.41) is 11.7. The predicted octanol–water partition coefficient (Wildman–Crippen LogP) is 5.77. The summed E-state index contributed by atoms with van der Waals surface area (Å²) in [5.74, 6) is 1.98. The first-order chi connectivity index (χ1) is 16.6. The smallest absolute Gasteiger partial charge is 0.255 e. The van der Waals surface area contributed by atoms with E-state index < -0.39 is 6.04 Å². The minimum Gasteiger partial charge on any atom is -0.492 e. The zero-order chi connectivity index (χ0) is 23.9. The van der Waals surface area contributed by atoms with Crippen LogP contribution in [0.1, 0.15) is 38.8 Å². The van der Waals surface area contributed by atoms with Crippen LogP contribution < -0.4 is 15.4 Å². The summed E-state index contributed by atoms with van der Waals surface area (Å²) in [6.45, 7) is 6.45. The Morgan fingerprint density at radius 1 is 1.18 bits per heavy atom. The zero-order valence-electron chi connectivity index (χ0n) is 19.6. The Hall–Kier alpha value is -3.52. The van der Waals surface area contributed by atoms with E-state index in [4.69, 9.17) is 9.84 Å². The van der Waals surface area contributed by atoms with Crippen molar-refractivity contribution in [1.82, 2.24) is 14.8 Å². The van der Waals surface area contributed by atoms with Crippen molar-refractivity contribution in [3.05, 3.63) is 77.5 Å². The Balaban J connectivity index is 1.69. The van der Waals surface area contributed by atoms with Crippen LogP contribution in [0.2, 0.25) is 0 Å². The molecule has 1 aliphatic heterocycles. The number of hydrogen-bond acceptors (Lipinski definition) is 6. The number of thioether (sulfide) groups is 1. The minimum atomic E-state index is -0.417. The van der Waals surface area contributed by atoms with E-state index in [1.807, 2.05) is 80.6 Å². The van der Waals surface area contributed by atoms with Crippen LogP contribution in [-0.4, -0.2) is 33.0 Å². The van der Waals surface area contributed by atoms with Gasteiger partial charge in [0.25, 0.3) is 5.91 Å². The average molecular weight is 476 g/mol. The van der Waals surface area contributed by atoms with Crippen LogP contribution in [0.4, 0.5) is 11.6 Å². The largest absolute Gasteiger partial charge is 0.492 e. The molecule has 1 aromatic heterocycles. The molecule has 1 aliphatic rings. The van der Waals surface area contributed by atoms with Crippen molar-refractivity contribution in [1.29, 1.82) is 0 Å². The topological polar surface area (TPSA) is 81.1 Å². The molecule has 8 heteroatoms. The number of carbonyl (C=O) groups is 1. The maximum atomic E-state index is 13.6. The van der Waals surface area contributed by atoms with Crippen LogP contribution in [0.3, 0.4) is 0 Å². The number of benzene rings is 2. The minimum absolute atomic E-state index is 0.219. The summed E-state index contributed by atoms with van der Waals surface area (Å²) < 4.78 is 7.48. The van der Waals surface area contributed by atoms with Gasteiger partial charge in [0.05, 0.1) is 17.9 Å². The highest BCUT2D eigenvalue weighted by atomic mass is 32.2. The number of allylic oxidation sites excluding steroid dienone is 2. The first-order valence-corrected chi connectivity index (χ1v) is 12.4. The van der Waals surface area contributed by atoms with Crippen molar-refractivity contribution in [3.8, 4) is 5.75 Å². The van der Waals surface area contributed by atoms with E-state index >= 15 is 0 Å². The molecule has 0 radical (unpaired) electrons. The van der Waals surface area contributed by atoms with Gasteiger partial charge < -0.3 is 15.4 Å². The van der Waals surface area contributed by atoms with Gasteiger partial charge in [-0.25, -0.2) is 4.68 Å². The van der Waals surface area contributed by atoms with E-state index in [1.54, 1.807) is 16.4 Å². The van der Waals surface area contributed by atoms with Gasteiger partial charge >= 0.3 is 0 Å². The molecule has 0 saturated heterocycles. The van der Waals surface area contributed by atoms with Gasteiger partial charge in [0, 0.05) is 11.4 Å². The van der Waals surface area contributed by atoms with Gasteiger partial charge in [-0.2, -0.15) is 4.98 Å². The Kier molecular flexibility index (Phi) is 7.69. The molecule has 34 heavy (non-hydrogen) atoms. The van der Waals surface area contributed by atoms with E-state index in [-0.39, 0.29) is 5.91 Å². The van der Waals surface area contributed by atoms with E-state index in [0.717, 1.165) is 23.4 Å². The van der Waals surface area contributed by atoms with Crippen molar-refractivity contribution in [3.63, 3.8) is 0 Å². The molecular formula is C26H29N5O2S. The van der Waals surface area contributed by atoms with Crippen molar-refractivity contribution in [2.45, 2.75) is 38.4 Å². The van der Waals surface area contributed by atoms with Crippen LogP contribution in [0.25, 0.3) is 6.08 Å². The van der Waals surface area contributed by atoms with Gasteiger partial charge in [0.1, 0.15) is 11.8 Å². The molecule has 176 valence electrons. The Morgan fingerprint density at radius 3 is 2.71 bits per heavy atom. The maximum absolute atomic E-state index is 13.6. The number of fused-ring (bicyclic) bond motifs is 1. The van der Waals surface area contributed by atoms with Crippen LogP contribution in [0.5, 0.6) is 5.75 Å². The lowest BCUT2D eigenvalue weighted by atomic mass is 10.0. The quantitative estimate of drug-likeness (QED) is 0.382. The maximum Gasteiger partial charge on any atom is 0.255 e. The highest BCUT2D eigenvalue weighted by Gasteiger charge is 2.32. The third kappa shape index (κ3) is 5.34. The SMILES string of the molecule is CCCSc1nc2n(n1)C(/C=C/c1ccccc1)C(C(=O)Nc1ccccc1OCC)=C(C)N2. The fourth-order valence-electron chi connectivity index (χ4n) is 3.71. The summed E-state index contributed by atoms with van der Waals surface area (Å²) in [7, 11) is 0. The fraction of sp³-hybridized carbons (Fsp3) is 0.269. The molecular weight excluding hydrogens is 446 g/mol. The molecule has 1 atom stereocenters. The number of para-hydroxylation sites is 2. The summed E-state index contributed by atoms with van der Waals surface area (Å²) in [4.78, 5) is 18.2. The lowest BCUT2D eigenvalue weighted by molar-refractivity contribution is -0.113. The summed E-state index contributed by atoms with van der Waals surface area (Å²) in [6.07, 6.45) is 5.04. The van der Waals surface area contributed by atoms with Crippen LogP contribution in [0, 0.1) is 0 Å². The van der Waals surface area contributed by atoms with Crippen LogP contribution >= 0.6 is 11.8 Å². The second-order valence-corrected chi connectivity index (χ2v) is 8.83. The van der Waals surface area contributed by atoms with E-state index in [0.29, 0.717) is 34.7 Å². The molecule has 0 bridgehead atoms. The van der Waals surface area contributed by atoms with Gasteiger partial charge in [-0.05, 0) is 38.0 Å². The van der Waals surface area contributed by atoms with Crippen molar-refractivity contribution in [2.75, 3.05) is 23.0 Å². The Bertz CT molecular complexity index is 1200. The first-order valence-electron chi connectivity index (χ1n) is 11.4. The number of nitrogens with one attached hydrogen (secondary N) is 2. The zero-order valence-corrected chi connectivity index (χ0v) is 20.4. The standard InChI is InChI=1S/C26H29N5O2S/c1-4-17-34-26-29-25-27-18(3)23(24(32)28-20-13-9-10-14-22(20)33-5-2)21(31(25)30-26)16-15-19-11-7-6-8-12-19/h6-16,21H,4-5,17H2,1-3H3,(H,28,32)(H,27,29,30)/b16-15+. The summed E-state index contributed by atoms with van der Waals surface area (Å²) >= 11 is 1.61. The molecule has 2 N–H and O–H groups in total. The van der Waals surface area contributed by atoms with Gasteiger partial charge in [-0.3, -0.25) is 4.79 Å². The average Bonchev–Trinajstić information content (AvgIpc) is 3.25.